The number of esters is 2. The summed E-state index contributed by atoms with van der Waals surface area (Å²) >= 11 is 0. The second kappa shape index (κ2) is 7.04. The molecule has 11 heteroatoms. The highest BCUT2D eigenvalue weighted by molar-refractivity contribution is 5.72. The first-order valence-electron chi connectivity index (χ1n) is 7.77. The third-order valence-corrected chi connectivity index (χ3v) is 3.84. The Hall–Kier alpha value is -3.08. The molecule has 26 heavy (non-hydrogen) atoms. The number of fused-ring (bicyclic) bond motifs is 1. The number of aromatic amines is 1. The van der Waals surface area contributed by atoms with Crippen LogP contribution in [-0.2, 0) is 23.8 Å². The fraction of sp³-hybridized carbons (Fsp3) is 0.467. The summed E-state index contributed by atoms with van der Waals surface area (Å²) < 4.78 is 17.1. The van der Waals surface area contributed by atoms with Crippen LogP contribution in [0.1, 0.15) is 26.5 Å². The minimum Gasteiger partial charge on any atom is -0.463 e. The zero-order chi connectivity index (χ0) is 18.8. The monoisotopic (exact) mass is 364 g/mol. The van der Waals surface area contributed by atoms with Crippen LogP contribution in [0.5, 0.6) is 0 Å². The summed E-state index contributed by atoms with van der Waals surface area (Å²) in [4.78, 5) is 56.5. The standard InChI is InChI=1S/C15H16N4O7/c1-7(20)24-5-11-10(25-8(2)21)3-12(26-11)19-13-9(4-16-6-17-13)14(22)18-15(19)23/h4,6,10-12H,3,5H2,1-2H3,(H,18,22,23)/t10-,11+,12-/m0/s1. The Morgan fingerprint density at radius 1 is 1.35 bits per heavy atom. The van der Waals surface area contributed by atoms with Crippen LogP contribution in [0.3, 0.4) is 0 Å². The number of hydrogen-bond donors (Lipinski definition) is 1. The van der Waals surface area contributed by atoms with Crippen molar-refractivity contribution < 1.29 is 23.8 Å². The predicted octanol–water partition coefficient (Wildman–Crippen LogP) is -0.738. The van der Waals surface area contributed by atoms with E-state index >= 15 is 0 Å². The number of H-pyrrole nitrogens is 1. The van der Waals surface area contributed by atoms with Gasteiger partial charge < -0.3 is 14.2 Å². The maximum Gasteiger partial charge on any atom is 0.332 e. The molecule has 1 aliphatic rings. The third-order valence-electron chi connectivity index (χ3n) is 3.84. The van der Waals surface area contributed by atoms with Gasteiger partial charge in [0.15, 0.2) is 5.65 Å². The topological polar surface area (TPSA) is 142 Å². The van der Waals surface area contributed by atoms with E-state index in [1.54, 1.807) is 0 Å². The molecule has 3 rings (SSSR count). The van der Waals surface area contributed by atoms with Crippen molar-refractivity contribution in [2.75, 3.05) is 6.61 Å². The predicted molar refractivity (Wildman–Crippen MR) is 85.1 cm³/mol. The largest absolute Gasteiger partial charge is 0.463 e. The van der Waals surface area contributed by atoms with Crippen LogP contribution < -0.4 is 11.2 Å². The Kier molecular flexibility index (Phi) is 4.80. The van der Waals surface area contributed by atoms with E-state index in [2.05, 4.69) is 15.0 Å². The second-order valence-electron chi connectivity index (χ2n) is 5.70. The first-order chi connectivity index (χ1) is 12.4. The van der Waals surface area contributed by atoms with Gasteiger partial charge in [0.05, 0.1) is 0 Å². The Labute approximate surface area is 145 Å². The summed E-state index contributed by atoms with van der Waals surface area (Å²) in [6, 6.07) is 0. The number of nitrogens with one attached hydrogen (secondary N) is 1. The number of carbonyl (C=O) groups excluding carboxylic acids is 2. The highest BCUT2D eigenvalue weighted by Gasteiger charge is 2.40. The van der Waals surface area contributed by atoms with Gasteiger partial charge in [-0.05, 0) is 0 Å². The highest BCUT2D eigenvalue weighted by Crippen LogP contribution is 2.31. The molecule has 1 fully saturated rings. The number of rotatable bonds is 4. The van der Waals surface area contributed by atoms with Gasteiger partial charge in [0.1, 0.15) is 36.8 Å². The Morgan fingerprint density at radius 3 is 2.81 bits per heavy atom. The lowest BCUT2D eigenvalue weighted by Crippen LogP contribution is -2.34. The van der Waals surface area contributed by atoms with Crippen LogP contribution in [0.4, 0.5) is 0 Å². The maximum atomic E-state index is 12.3. The van der Waals surface area contributed by atoms with Crippen molar-refractivity contribution in [1.82, 2.24) is 19.5 Å². The molecule has 11 nitrogen and oxygen atoms in total. The molecule has 0 bridgehead atoms. The summed E-state index contributed by atoms with van der Waals surface area (Å²) in [7, 11) is 0. The quantitative estimate of drug-likeness (QED) is 0.694. The van der Waals surface area contributed by atoms with E-state index in [0.717, 1.165) is 4.57 Å². The van der Waals surface area contributed by atoms with Crippen LogP contribution in [0, 0.1) is 0 Å². The molecule has 3 atom stereocenters. The fourth-order valence-electron chi connectivity index (χ4n) is 2.81. The summed E-state index contributed by atoms with van der Waals surface area (Å²) in [5.41, 5.74) is -1.25. The Morgan fingerprint density at radius 2 is 2.12 bits per heavy atom. The summed E-state index contributed by atoms with van der Waals surface area (Å²) in [5, 5.41) is 0.114. The van der Waals surface area contributed by atoms with Gasteiger partial charge in [0.2, 0.25) is 0 Å². The summed E-state index contributed by atoms with van der Waals surface area (Å²) in [6.45, 7) is 2.34. The molecule has 2 aromatic heterocycles. The zero-order valence-electron chi connectivity index (χ0n) is 14.0. The van der Waals surface area contributed by atoms with E-state index < -0.39 is 41.6 Å². The van der Waals surface area contributed by atoms with E-state index in [0.29, 0.717) is 0 Å². The minimum absolute atomic E-state index is 0.0912. The SMILES string of the molecule is CC(=O)OC[C@H]1O[C@H](n2c(=O)[nH]c(=O)c3cncnc32)C[C@@H]1OC(C)=O. The summed E-state index contributed by atoms with van der Waals surface area (Å²) in [5.74, 6) is -1.05. The molecule has 0 unspecified atom stereocenters. The van der Waals surface area contributed by atoms with Crippen molar-refractivity contribution in [3.05, 3.63) is 33.4 Å². The van der Waals surface area contributed by atoms with Crippen molar-refractivity contribution in [1.29, 1.82) is 0 Å². The molecule has 138 valence electrons. The van der Waals surface area contributed by atoms with E-state index in [1.165, 1.54) is 26.4 Å². The van der Waals surface area contributed by atoms with Gasteiger partial charge >= 0.3 is 17.6 Å². The third kappa shape index (κ3) is 3.47. The van der Waals surface area contributed by atoms with Crippen LogP contribution in [0.2, 0.25) is 0 Å². The molecule has 0 amide bonds. The van der Waals surface area contributed by atoms with Crippen molar-refractivity contribution in [2.24, 2.45) is 0 Å². The molecule has 0 saturated carbocycles. The van der Waals surface area contributed by atoms with Gasteiger partial charge in [0.25, 0.3) is 5.56 Å². The van der Waals surface area contributed by atoms with Crippen molar-refractivity contribution >= 4 is 23.0 Å². The van der Waals surface area contributed by atoms with Gasteiger partial charge in [-0.1, -0.05) is 0 Å². The van der Waals surface area contributed by atoms with Crippen LogP contribution in [0.15, 0.2) is 22.1 Å². The molecular weight excluding hydrogens is 348 g/mol. The van der Waals surface area contributed by atoms with Crippen molar-refractivity contribution in [2.45, 2.75) is 38.7 Å². The average Bonchev–Trinajstić information content (AvgIpc) is 2.94. The normalized spacial score (nSPS) is 22.3. The molecule has 1 N–H and O–H groups in total. The molecule has 1 aliphatic heterocycles. The van der Waals surface area contributed by atoms with Gasteiger partial charge in [-0.2, -0.15) is 0 Å². The van der Waals surface area contributed by atoms with E-state index in [4.69, 9.17) is 14.2 Å². The van der Waals surface area contributed by atoms with E-state index in [-0.39, 0.29) is 24.1 Å². The molecule has 2 aromatic rings. The van der Waals surface area contributed by atoms with Gasteiger partial charge in [-0.3, -0.25) is 23.9 Å². The fourth-order valence-corrected chi connectivity index (χ4v) is 2.81. The van der Waals surface area contributed by atoms with E-state index in [9.17, 15) is 19.2 Å². The van der Waals surface area contributed by atoms with Crippen molar-refractivity contribution in [3.8, 4) is 0 Å². The number of nitrogens with zero attached hydrogens (tertiary/aromatic N) is 3. The Bertz CT molecular complexity index is 966. The summed E-state index contributed by atoms with van der Waals surface area (Å²) in [6.07, 6.45) is 0.243. The second-order valence-corrected chi connectivity index (χ2v) is 5.70. The molecule has 1 saturated heterocycles. The molecule has 0 aromatic carbocycles. The maximum absolute atomic E-state index is 12.3. The van der Waals surface area contributed by atoms with Crippen LogP contribution >= 0.6 is 0 Å². The molecule has 0 radical (unpaired) electrons. The average molecular weight is 364 g/mol. The highest BCUT2D eigenvalue weighted by atomic mass is 16.6. The lowest BCUT2D eigenvalue weighted by Gasteiger charge is -2.17. The van der Waals surface area contributed by atoms with Gasteiger partial charge in [-0.15, -0.1) is 0 Å². The smallest absolute Gasteiger partial charge is 0.332 e. The minimum atomic E-state index is -0.873. The van der Waals surface area contributed by atoms with Gasteiger partial charge in [0, 0.05) is 26.5 Å². The van der Waals surface area contributed by atoms with Crippen molar-refractivity contribution in [3.63, 3.8) is 0 Å². The number of hydrogen-bond acceptors (Lipinski definition) is 9. The lowest BCUT2D eigenvalue weighted by atomic mass is 10.2. The first-order valence-corrected chi connectivity index (χ1v) is 7.77. The molecular formula is C15H16N4O7. The lowest BCUT2D eigenvalue weighted by molar-refractivity contribution is -0.155. The van der Waals surface area contributed by atoms with Crippen LogP contribution in [0.25, 0.3) is 11.0 Å². The van der Waals surface area contributed by atoms with Crippen LogP contribution in [-0.4, -0.2) is 50.3 Å². The van der Waals surface area contributed by atoms with E-state index in [1.807, 2.05) is 0 Å². The Balaban J connectivity index is 1.98. The first kappa shape index (κ1) is 17.7. The number of ether oxygens (including phenoxy) is 3. The molecule has 0 aliphatic carbocycles. The number of carbonyl (C=O) groups is 2. The zero-order valence-corrected chi connectivity index (χ0v) is 14.0. The number of aromatic nitrogens is 4. The molecule has 0 spiro atoms. The molecule has 3 heterocycles. The van der Waals surface area contributed by atoms with Gasteiger partial charge in [-0.25, -0.2) is 14.8 Å².